The molecule has 1 saturated heterocycles. The minimum atomic E-state index is 0.636. The molecule has 1 unspecified atom stereocenters. The Kier molecular flexibility index (Phi) is 4.06. The summed E-state index contributed by atoms with van der Waals surface area (Å²) in [6.07, 6.45) is 5.84. The molecule has 3 nitrogen and oxygen atoms in total. The normalized spacial score (nSPS) is 19.7. The summed E-state index contributed by atoms with van der Waals surface area (Å²) in [6.45, 7) is 3.11. The summed E-state index contributed by atoms with van der Waals surface area (Å²) in [5, 5.41) is 8.35. The Balaban J connectivity index is 1.62. The van der Waals surface area contributed by atoms with Gasteiger partial charge >= 0.3 is 0 Å². The fourth-order valence-corrected chi connectivity index (χ4v) is 2.79. The molecule has 0 bridgehead atoms. The van der Waals surface area contributed by atoms with E-state index in [9.17, 15) is 0 Å². The summed E-state index contributed by atoms with van der Waals surface area (Å²) in [6, 6.07) is 11.1. The van der Waals surface area contributed by atoms with E-state index in [-0.39, 0.29) is 0 Å². The number of hydrogen-bond donors (Lipinski definition) is 2. The number of piperidine rings is 1. The molecule has 0 saturated carbocycles. The highest BCUT2D eigenvalue weighted by atomic mass is 15.0. The van der Waals surface area contributed by atoms with E-state index in [0.717, 1.165) is 18.6 Å². The minimum Gasteiger partial charge on any atom is -0.313 e. The van der Waals surface area contributed by atoms with Gasteiger partial charge in [-0.15, -0.1) is 0 Å². The SMILES string of the molecule is c1cnc2c(CNCC3CCCCN3)cccc2c1. The molecule has 0 amide bonds. The lowest BCUT2D eigenvalue weighted by Gasteiger charge is -2.23. The molecule has 2 aromatic rings. The summed E-state index contributed by atoms with van der Waals surface area (Å²) in [5.74, 6) is 0. The Bertz CT molecular complexity index is 527. The Morgan fingerprint density at radius 1 is 1.21 bits per heavy atom. The predicted molar refractivity (Wildman–Crippen MR) is 79.1 cm³/mol. The number of aromatic nitrogens is 1. The number of para-hydroxylation sites is 1. The Hall–Kier alpha value is -1.45. The number of nitrogens with one attached hydrogen (secondary N) is 2. The van der Waals surface area contributed by atoms with Crippen LogP contribution in [0.1, 0.15) is 24.8 Å². The maximum atomic E-state index is 4.49. The van der Waals surface area contributed by atoms with E-state index >= 15 is 0 Å². The minimum absolute atomic E-state index is 0.636. The van der Waals surface area contributed by atoms with Crippen molar-refractivity contribution >= 4 is 10.9 Å². The highest BCUT2D eigenvalue weighted by Gasteiger charge is 2.11. The van der Waals surface area contributed by atoms with E-state index < -0.39 is 0 Å². The van der Waals surface area contributed by atoms with Gasteiger partial charge in [-0.1, -0.05) is 30.7 Å². The van der Waals surface area contributed by atoms with Crippen molar-refractivity contribution in [2.75, 3.05) is 13.1 Å². The van der Waals surface area contributed by atoms with E-state index in [2.05, 4.69) is 39.9 Å². The van der Waals surface area contributed by atoms with Gasteiger partial charge < -0.3 is 10.6 Å². The molecule has 0 spiro atoms. The lowest BCUT2D eigenvalue weighted by molar-refractivity contribution is 0.383. The van der Waals surface area contributed by atoms with Crippen LogP contribution in [0, 0.1) is 0 Å². The van der Waals surface area contributed by atoms with Crippen LogP contribution < -0.4 is 10.6 Å². The van der Waals surface area contributed by atoms with Crippen LogP contribution in [0.3, 0.4) is 0 Å². The van der Waals surface area contributed by atoms with Gasteiger partial charge in [0, 0.05) is 30.7 Å². The molecule has 1 aliphatic rings. The van der Waals surface area contributed by atoms with Crippen molar-refractivity contribution in [2.45, 2.75) is 31.8 Å². The first kappa shape index (κ1) is 12.6. The second-order valence-electron chi connectivity index (χ2n) is 5.27. The number of pyridine rings is 1. The van der Waals surface area contributed by atoms with Crippen LogP contribution >= 0.6 is 0 Å². The molecule has 19 heavy (non-hydrogen) atoms. The van der Waals surface area contributed by atoms with Crippen molar-refractivity contribution in [3.8, 4) is 0 Å². The Morgan fingerprint density at radius 2 is 2.16 bits per heavy atom. The van der Waals surface area contributed by atoms with E-state index in [1.807, 2.05) is 12.3 Å². The van der Waals surface area contributed by atoms with Gasteiger partial charge in [0.25, 0.3) is 0 Å². The second kappa shape index (κ2) is 6.13. The van der Waals surface area contributed by atoms with Crippen molar-refractivity contribution < 1.29 is 0 Å². The van der Waals surface area contributed by atoms with Crippen molar-refractivity contribution in [1.29, 1.82) is 0 Å². The molecule has 100 valence electrons. The molecule has 1 aromatic heterocycles. The lowest BCUT2D eigenvalue weighted by atomic mass is 10.0. The molecule has 1 fully saturated rings. The van der Waals surface area contributed by atoms with E-state index in [4.69, 9.17) is 0 Å². The van der Waals surface area contributed by atoms with Crippen LogP contribution in [0.4, 0.5) is 0 Å². The summed E-state index contributed by atoms with van der Waals surface area (Å²) in [5.41, 5.74) is 2.41. The van der Waals surface area contributed by atoms with Gasteiger partial charge in [0.15, 0.2) is 0 Å². The van der Waals surface area contributed by atoms with Crippen molar-refractivity contribution in [3.63, 3.8) is 0 Å². The summed E-state index contributed by atoms with van der Waals surface area (Å²) >= 11 is 0. The van der Waals surface area contributed by atoms with Crippen LogP contribution in [0.5, 0.6) is 0 Å². The number of benzene rings is 1. The molecule has 0 radical (unpaired) electrons. The first-order valence-corrected chi connectivity index (χ1v) is 7.20. The first-order chi connectivity index (χ1) is 9.43. The molecule has 3 heteroatoms. The maximum Gasteiger partial charge on any atom is 0.0746 e. The third-order valence-electron chi connectivity index (χ3n) is 3.83. The third kappa shape index (κ3) is 3.11. The van der Waals surface area contributed by atoms with Gasteiger partial charge in [-0.25, -0.2) is 0 Å². The van der Waals surface area contributed by atoms with Crippen LogP contribution in [0.2, 0.25) is 0 Å². The molecule has 3 rings (SSSR count). The van der Waals surface area contributed by atoms with Crippen LogP contribution in [0.25, 0.3) is 10.9 Å². The molecule has 0 aliphatic carbocycles. The van der Waals surface area contributed by atoms with Crippen LogP contribution in [0.15, 0.2) is 36.5 Å². The fraction of sp³-hybridized carbons (Fsp3) is 0.438. The maximum absolute atomic E-state index is 4.49. The van der Waals surface area contributed by atoms with Gasteiger partial charge in [-0.2, -0.15) is 0 Å². The smallest absolute Gasteiger partial charge is 0.0746 e. The molecule has 2 N–H and O–H groups in total. The molecule has 2 heterocycles. The van der Waals surface area contributed by atoms with Gasteiger partial charge in [0.05, 0.1) is 5.52 Å². The summed E-state index contributed by atoms with van der Waals surface area (Å²) in [7, 11) is 0. The van der Waals surface area contributed by atoms with Crippen molar-refractivity contribution in [2.24, 2.45) is 0 Å². The van der Waals surface area contributed by atoms with Crippen LogP contribution in [-0.4, -0.2) is 24.1 Å². The summed E-state index contributed by atoms with van der Waals surface area (Å²) in [4.78, 5) is 4.49. The third-order valence-corrected chi connectivity index (χ3v) is 3.83. The van der Waals surface area contributed by atoms with Gasteiger partial charge in [-0.05, 0) is 31.0 Å². The largest absolute Gasteiger partial charge is 0.313 e. The quantitative estimate of drug-likeness (QED) is 0.881. The molecular weight excluding hydrogens is 234 g/mol. The topological polar surface area (TPSA) is 37.0 Å². The predicted octanol–water partition coefficient (Wildman–Crippen LogP) is 2.47. The zero-order chi connectivity index (χ0) is 12.9. The van der Waals surface area contributed by atoms with Crippen molar-refractivity contribution in [1.82, 2.24) is 15.6 Å². The average molecular weight is 255 g/mol. The van der Waals surface area contributed by atoms with E-state index in [0.29, 0.717) is 6.04 Å². The monoisotopic (exact) mass is 255 g/mol. The van der Waals surface area contributed by atoms with Gasteiger partial charge in [-0.3, -0.25) is 4.98 Å². The fourth-order valence-electron chi connectivity index (χ4n) is 2.79. The van der Waals surface area contributed by atoms with Crippen LogP contribution in [-0.2, 0) is 6.54 Å². The molecule has 1 aromatic carbocycles. The first-order valence-electron chi connectivity index (χ1n) is 7.20. The number of nitrogens with zero attached hydrogens (tertiary/aromatic N) is 1. The highest BCUT2D eigenvalue weighted by molar-refractivity contribution is 5.81. The average Bonchev–Trinajstić information content (AvgIpc) is 2.49. The standard InChI is InChI=1S/C16H21N3/c1-2-9-18-15(8-1)12-17-11-14-6-3-5-13-7-4-10-19-16(13)14/h3-7,10,15,17-18H,1-2,8-9,11-12H2. The lowest BCUT2D eigenvalue weighted by Crippen LogP contribution is -2.41. The zero-order valence-electron chi connectivity index (χ0n) is 11.2. The molecular formula is C16H21N3. The highest BCUT2D eigenvalue weighted by Crippen LogP contribution is 2.15. The Morgan fingerprint density at radius 3 is 3.05 bits per heavy atom. The van der Waals surface area contributed by atoms with E-state index in [1.54, 1.807) is 0 Å². The Labute approximate surface area is 114 Å². The molecule has 1 atom stereocenters. The number of fused-ring (bicyclic) bond motifs is 1. The zero-order valence-corrected chi connectivity index (χ0v) is 11.2. The second-order valence-corrected chi connectivity index (χ2v) is 5.27. The number of rotatable bonds is 4. The van der Waals surface area contributed by atoms with E-state index in [1.165, 1.54) is 36.8 Å². The summed E-state index contributed by atoms with van der Waals surface area (Å²) < 4.78 is 0. The molecule has 1 aliphatic heterocycles. The van der Waals surface area contributed by atoms with Gasteiger partial charge in [0.2, 0.25) is 0 Å². The van der Waals surface area contributed by atoms with Crippen molar-refractivity contribution in [3.05, 3.63) is 42.1 Å². The number of hydrogen-bond acceptors (Lipinski definition) is 3. The van der Waals surface area contributed by atoms with Gasteiger partial charge in [0.1, 0.15) is 0 Å².